The summed E-state index contributed by atoms with van der Waals surface area (Å²) < 4.78 is 10.6. The normalized spacial score (nSPS) is 12.0. The molecule has 0 saturated heterocycles. The Morgan fingerprint density at radius 3 is 0.936 bits per heavy atom. The molecule has 0 aliphatic rings. The van der Waals surface area contributed by atoms with Crippen LogP contribution in [0.25, 0.3) is 0 Å². The van der Waals surface area contributed by atoms with E-state index in [0.29, 0.717) is 12.8 Å². The van der Waals surface area contributed by atoms with Gasteiger partial charge in [0.15, 0.2) is 6.10 Å². The molecule has 0 spiro atoms. The van der Waals surface area contributed by atoms with Crippen LogP contribution in [0.15, 0.2) is 0 Å². The molecule has 0 aromatic carbocycles. The molecule has 0 amide bonds. The summed E-state index contributed by atoms with van der Waals surface area (Å²) in [6.07, 6.45) is 43.1. The van der Waals surface area contributed by atoms with Gasteiger partial charge >= 0.3 is 11.9 Å². The van der Waals surface area contributed by atoms with Crippen molar-refractivity contribution in [1.82, 2.24) is 0 Å². The molecule has 0 bridgehead atoms. The lowest BCUT2D eigenvalue weighted by molar-refractivity contribution is -0.161. The largest absolute Gasteiger partial charge is 0.462 e. The van der Waals surface area contributed by atoms with E-state index in [9.17, 15) is 14.7 Å². The van der Waals surface area contributed by atoms with E-state index in [2.05, 4.69) is 13.8 Å². The van der Waals surface area contributed by atoms with Crippen LogP contribution < -0.4 is 0 Å². The second kappa shape index (κ2) is 39.3. The first-order valence-electron chi connectivity index (χ1n) is 21.1. The molecule has 0 rings (SSSR count). The van der Waals surface area contributed by atoms with Crippen LogP contribution in [0.2, 0.25) is 0 Å². The number of ether oxygens (including phenoxy) is 2. The topological polar surface area (TPSA) is 72.8 Å². The van der Waals surface area contributed by atoms with Gasteiger partial charge in [0, 0.05) is 12.8 Å². The first-order valence-corrected chi connectivity index (χ1v) is 21.1. The zero-order chi connectivity index (χ0) is 34.3. The lowest BCUT2D eigenvalue weighted by Gasteiger charge is -2.15. The van der Waals surface area contributed by atoms with Crippen LogP contribution >= 0.6 is 0 Å². The van der Waals surface area contributed by atoms with Crippen molar-refractivity contribution in [2.45, 2.75) is 245 Å². The number of aliphatic hydroxyl groups is 1. The fourth-order valence-electron chi connectivity index (χ4n) is 6.44. The molecular weight excluding hydrogens is 584 g/mol. The second-order valence-corrected chi connectivity index (χ2v) is 14.4. The van der Waals surface area contributed by atoms with E-state index in [4.69, 9.17) is 9.47 Å². The van der Waals surface area contributed by atoms with E-state index in [0.717, 1.165) is 32.1 Å². The van der Waals surface area contributed by atoms with E-state index in [-0.39, 0.29) is 25.2 Å². The zero-order valence-corrected chi connectivity index (χ0v) is 31.8. The molecule has 1 atom stereocenters. The average molecular weight is 667 g/mol. The van der Waals surface area contributed by atoms with Crippen molar-refractivity contribution in [1.29, 1.82) is 0 Å². The quantitative estimate of drug-likeness (QED) is 0.0522. The maximum atomic E-state index is 12.2. The molecule has 5 heteroatoms. The molecule has 0 heterocycles. The Morgan fingerprint density at radius 2 is 0.660 bits per heavy atom. The monoisotopic (exact) mass is 667 g/mol. The summed E-state index contributed by atoms with van der Waals surface area (Å²) in [4.78, 5) is 24.3. The number of carbonyl (C=O) groups excluding carboxylic acids is 2. The summed E-state index contributed by atoms with van der Waals surface area (Å²) in [5, 5.41) is 9.56. The molecular formula is C42H82O5. The molecule has 0 saturated carbocycles. The molecule has 47 heavy (non-hydrogen) atoms. The maximum absolute atomic E-state index is 12.2. The van der Waals surface area contributed by atoms with E-state index >= 15 is 0 Å². The van der Waals surface area contributed by atoms with Gasteiger partial charge in [-0.05, 0) is 12.8 Å². The second-order valence-electron chi connectivity index (χ2n) is 14.4. The molecule has 0 fully saturated rings. The third kappa shape index (κ3) is 37.6. The van der Waals surface area contributed by atoms with Crippen LogP contribution in [0.3, 0.4) is 0 Å². The lowest BCUT2D eigenvalue weighted by atomic mass is 10.0. The molecule has 0 aliphatic heterocycles. The fraction of sp³-hybridized carbons (Fsp3) is 0.952. The summed E-state index contributed by atoms with van der Waals surface area (Å²) in [5.74, 6) is -0.573. The molecule has 5 nitrogen and oxygen atoms in total. The Morgan fingerprint density at radius 1 is 0.404 bits per heavy atom. The van der Waals surface area contributed by atoms with Crippen LogP contribution in [0.4, 0.5) is 0 Å². The molecule has 0 aliphatic carbocycles. The molecule has 280 valence electrons. The van der Waals surface area contributed by atoms with Crippen molar-refractivity contribution >= 4 is 11.9 Å². The van der Waals surface area contributed by atoms with Gasteiger partial charge in [0.1, 0.15) is 6.61 Å². The predicted octanol–water partition coefficient (Wildman–Crippen LogP) is 13.1. The van der Waals surface area contributed by atoms with Crippen molar-refractivity contribution in [3.8, 4) is 0 Å². The molecule has 1 unspecified atom stereocenters. The van der Waals surface area contributed by atoms with Gasteiger partial charge in [-0.1, -0.05) is 213 Å². The molecule has 0 aromatic heterocycles. The number of unbranched alkanes of at least 4 members (excludes halogenated alkanes) is 31. The Kier molecular flexibility index (Phi) is 38.4. The lowest BCUT2D eigenvalue weighted by Crippen LogP contribution is -2.28. The summed E-state index contributed by atoms with van der Waals surface area (Å²) in [6.45, 7) is 4.17. The highest BCUT2D eigenvalue weighted by molar-refractivity contribution is 5.70. The summed E-state index contributed by atoms with van der Waals surface area (Å²) in [5.41, 5.74) is 0. The van der Waals surface area contributed by atoms with Crippen LogP contribution in [-0.2, 0) is 19.1 Å². The van der Waals surface area contributed by atoms with E-state index in [1.54, 1.807) is 0 Å². The van der Waals surface area contributed by atoms with Crippen LogP contribution in [0, 0.1) is 0 Å². The number of aliphatic hydroxyl groups excluding tert-OH is 1. The van der Waals surface area contributed by atoms with Crippen molar-refractivity contribution in [2.75, 3.05) is 13.2 Å². The maximum Gasteiger partial charge on any atom is 0.306 e. The Hall–Kier alpha value is -1.10. The fourth-order valence-corrected chi connectivity index (χ4v) is 6.44. The molecule has 1 N–H and O–H groups in total. The van der Waals surface area contributed by atoms with Crippen molar-refractivity contribution in [3.05, 3.63) is 0 Å². The summed E-state index contributed by atoms with van der Waals surface area (Å²) in [7, 11) is 0. The minimum absolute atomic E-state index is 0.0568. The Bertz CT molecular complexity index is 637. The highest BCUT2D eigenvalue weighted by Crippen LogP contribution is 2.16. The summed E-state index contributed by atoms with van der Waals surface area (Å²) >= 11 is 0. The highest BCUT2D eigenvalue weighted by atomic mass is 16.6. The first kappa shape index (κ1) is 45.9. The van der Waals surface area contributed by atoms with Crippen LogP contribution in [0.5, 0.6) is 0 Å². The number of carbonyl (C=O) groups is 2. The third-order valence-electron chi connectivity index (χ3n) is 9.65. The van der Waals surface area contributed by atoms with Gasteiger partial charge in [0.2, 0.25) is 0 Å². The number of hydrogen-bond acceptors (Lipinski definition) is 5. The Labute approximate surface area is 293 Å². The number of esters is 2. The SMILES string of the molecule is CCCCCCCCCCCCCCCCCCCCCCC(=O)OC(CO)COC(=O)CCCCCCCCCCCCCCC. The molecule has 0 aromatic rings. The van der Waals surface area contributed by atoms with E-state index in [1.807, 2.05) is 0 Å². The van der Waals surface area contributed by atoms with Crippen LogP contribution in [-0.4, -0.2) is 36.4 Å². The standard InChI is InChI=1S/C42H82O5/c1-3-5-7-9-11-13-15-17-18-19-20-21-22-23-25-27-29-31-33-35-37-42(45)47-40(38-43)39-46-41(44)36-34-32-30-28-26-24-16-14-12-10-8-6-4-2/h40,43H,3-39H2,1-2H3. The summed E-state index contributed by atoms with van der Waals surface area (Å²) in [6, 6.07) is 0. The van der Waals surface area contributed by atoms with Gasteiger partial charge in [-0.3, -0.25) is 9.59 Å². The van der Waals surface area contributed by atoms with Crippen molar-refractivity contribution in [2.24, 2.45) is 0 Å². The van der Waals surface area contributed by atoms with Crippen LogP contribution in [0.1, 0.15) is 239 Å². The smallest absolute Gasteiger partial charge is 0.306 e. The van der Waals surface area contributed by atoms with Gasteiger partial charge in [0.05, 0.1) is 6.61 Å². The zero-order valence-electron chi connectivity index (χ0n) is 31.8. The first-order chi connectivity index (χ1) is 23.1. The van der Waals surface area contributed by atoms with Gasteiger partial charge in [-0.15, -0.1) is 0 Å². The Balaban J connectivity index is 3.46. The van der Waals surface area contributed by atoms with Crippen molar-refractivity contribution in [3.63, 3.8) is 0 Å². The van der Waals surface area contributed by atoms with Gasteiger partial charge in [-0.2, -0.15) is 0 Å². The number of rotatable bonds is 39. The number of hydrogen-bond donors (Lipinski definition) is 1. The minimum Gasteiger partial charge on any atom is -0.462 e. The average Bonchev–Trinajstić information content (AvgIpc) is 3.07. The van der Waals surface area contributed by atoms with Crippen molar-refractivity contribution < 1.29 is 24.2 Å². The predicted molar refractivity (Wildman–Crippen MR) is 201 cm³/mol. The minimum atomic E-state index is -0.761. The molecule has 0 radical (unpaired) electrons. The van der Waals surface area contributed by atoms with Gasteiger partial charge in [0.25, 0.3) is 0 Å². The van der Waals surface area contributed by atoms with Gasteiger partial charge in [-0.25, -0.2) is 0 Å². The van der Waals surface area contributed by atoms with E-state index in [1.165, 1.54) is 180 Å². The third-order valence-corrected chi connectivity index (χ3v) is 9.65. The highest BCUT2D eigenvalue weighted by Gasteiger charge is 2.16. The van der Waals surface area contributed by atoms with Gasteiger partial charge < -0.3 is 14.6 Å². The van der Waals surface area contributed by atoms with E-state index < -0.39 is 6.10 Å².